The molecule has 1 unspecified atom stereocenters. The molecule has 0 aromatic heterocycles. The van der Waals surface area contributed by atoms with Crippen molar-refractivity contribution >= 4 is 26.1 Å². The summed E-state index contributed by atoms with van der Waals surface area (Å²) in [5.74, 6) is 0.294. The third-order valence-electron chi connectivity index (χ3n) is 2.01. The van der Waals surface area contributed by atoms with Crippen LogP contribution in [0.2, 0.25) is 0 Å². The average Bonchev–Trinajstić information content (AvgIpc) is 2.02. The maximum Gasteiger partial charge on any atom is 0.279 e. The number of rotatable bonds is 6. The fraction of sp³-hybridized carbons (Fsp3) is 1.00. The summed E-state index contributed by atoms with van der Waals surface area (Å²) >= 11 is 3.31. The quantitative estimate of drug-likeness (QED) is 0.746. The van der Waals surface area contributed by atoms with Gasteiger partial charge in [-0.2, -0.15) is 17.4 Å². The molecule has 0 aliphatic rings. The zero-order valence-electron chi connectivity index (χ0n) is 9.12. The second-order valence-corrected chi connectivity index (χ2v) is 6.44. The average molecular weight is 287 g/mol. The van der Waals surface area contributed by atoms with Gasteiger partial charge in [-0.3, -0.25) is 0 Å². The van der Waals surface area contributed by atoms with Gasteiger partial charge in [0.1, 0.15) is 0 Å². The summed E-state index contributed by atoms with van der Waals surface area (Å²) in [6, 6.07) is -0.0122. The molecule has 0 aliphatic carbocycles. The number of halogens is 1. The van der Waals surface area contributed by atoms with Crippen LogP contribution < -0.4 is 4.72 Å². The Morgan fingerprint density at radius 2 is 1.86 bits per heavy atom. The molecule has 1 N–H and O–H groups in total. The molecular weight excluding hydrogens is 268 g/mol. The lowest BCUT2D eigenvalue weighted by Gasteiger charge is -2.23. The molecule has 0 saturated heterocycles. The molecule has 0 radical (unpaired) electrons. The standard InChI is InChI=1S/C8H19BrN2O2S/c1-7(2)8(5-6-9)10-14(12,13)11(3)4/h7-8,10H,5-6H2,1-4H3. The zero-order chi connectivity index (χ0) is 11.4. The third kappa shape index (κ3) is 4.72. The smallest absolute Gasteiger partial charge is 0.199 e. The van der Waals surface area contributed by atoms with Gasteiger partial charge >= 0.3 is 0 Å². The highest BCUT2D eigenvalue weighted by Crippen LogP contribution is 2.09. The van der Waals surface area contributed by atoms with Crippen molar-refractivity contribution in [2.24, 2.45) is 5.92 Å². The van der Waals surface area contributed by atoms with Crippen molar-refractivity contribution < 1.29 is 8.42 Å². The number of nitrogens with zero attached hydrogens (tertiary/aromatic N) is 1. The van der Waals surface area contributed by atoms with Crippen LogP contribution in [0.3, 0.4) is 0 Å². The van der Waals surface area contributed by atoms with E-state index in [0.717, 1.165) is 11.8 Å². The summed E-state index contributed by atoms with van der Waals surface area (Å²) in [5.41, 5.74) is 0. The summed E-state index contributed by atoms with van der Waals surface area (Å²) in [6.07, 6.45) is 0.796. The summed E-state index contributed by atoms with van der Waals surface area (Å²) in [7, 11) is -0.259. The van der Waals surface area contributed by atoms with Crippen molar-refractivity contribution in [1.29, 1.82) is 0 Å². The number of hydrogen-bond acceptors (Lipinski definition) is 2. The molecule has 6 heteroatoms. The molecule has 0 spiro atoms. The predicted molar refractivity (Wildman–Crippen MR) is 62.8 cm³/mol. The van der Waals surface area contributed by atoms with Crippen molar-refractivity contribution in [1.82, 2.24) is 9.03 Å². The molecule has 4 nitrogen and oxygen atoms in total. The van der Waals surface area contributed by atoms with Crippen molar-refractivity contribution in [3.05, 3.63) is 0 Å². The molecule has 0 aromatic carbocycles. The van der Waals surface area contributed by atoms with E-state index < -0.39 is 10.2 Å². The lowest BCUT2D eigenvalue weighted by atomic mass is 10.0. The maximum atomic E-state index is 11.5. The van der Waals surface area contributed by atoms with E-state index in [9.17, 15) is 8.42 Å². The van der Waals surface area contributed by atoms with E-state index >= 15 is 0 Å². The summed E-state index contributed by atoms with van der Waals surface area (Å²) < 4.78 is 26.9. The van der Waals surface area contributed by atoms with Crippen LogP contribution in [0.1, 0.15) is 20.3 Å². The molecule has 0 heterocycles. The van der Waals surface area contributed by atoms with Gasteiger partial charge in [-0.05, 0) is 12.3 Å². The van der Waals surface area contributed by atoms with Gasteiger partial charge in [-0.25, -0.2) is 0 Å². The summed E-state index contributed by atoms with van der Waals surface area (Å²) in [5, 5.41) is 0.797. The normalized spacial score (nSPS) is 15.1. The van der Waals surface area contributed by atoms with Gasteiger partial charge in [0.15, 0.2) is 0 Å². The van der Waals surface area contributed by atoms with Gasteiger partial charge in [0.05, 0.1) is 0 Å². The largest absolute Gasteiger partial charge is 0.279 e. The van der Waals surface area contributed by atoms with E-state index in [2.05, 4.69) is 20.7 Å². The molecule has 0 bridgehead atoms. The Morgan fingerprint density at radius 1 is 1.36 bits per heavy atom. The topological polar surface area (TPSA) is 49.4 Å². The van der Waals surface area contributed by atoms with Crippen LogP contribution in [0, 0.1) is 5.92 Å². The summed E-state index contributed by atoms with van der Waals surface area (Å²) in [4.78, 5) is 0. The molecule has 0 aromatic rings. The Morgan fingerprint density at radius 3 is 2.14 bits per heavy atom. The lowest BCUT2D eigenvalue weighted by molar-refractivity contribution is 0.420. The van der Waals surface area contributed by atoms with Crippen LogP contribution in [0.15, 0.2) is 0 Å². The second-order valence-electron chi connectivity index (χ2n) is 3.73. The van der Waals surface area contributed by atoms with Crippen LogP contribution in [-0.2, 0) is 10.2 Å². The van der Waals surface area contributed by atoms with Crippen LogP contribution in [0.5, 0.6) is 0 Å². The molecule has 0 fully saturated rings. The van der Waals surface area contributed by atoms with Gasteiger partial charge in [-0.15, -0.1) is 0 Å². The van der Waals surface area contributed by atoms with Gasteiger partial charge in [-0.1, -0.05) is 29.8 Å². The summed E-state index contributed by atoms with van der Waals surface area (Å²) in [6.45, 7) is 4.01. The lowest BCUT2D eigenvalue weighted by Crippen LogP contribution is -2.44. The van der Waals surface area contributed by atoms with E-state index in [0.29, 0.717) is 5.92 Å². The highest BCUT2D eigenvalue weighted by molar-refractivity contribution is 9.09. The fourth-order valence-electron chi connectivity index (χ4n) is 0.943. The number of nitrogens with one attached hydrogen (secondary N) is 1. The molecule has 0 aliphatic heterocycles. The Labute approximate surface area is 95.4 Å². The highest BCUT2D eigenvalue weighted by atomic mass is 79.9. The van der Waals surface area contributed by atoms with Gasteiger partial charge < -0.3 is 0 Å². The first-order valence-electron chi connectivity index (χ1n) is 4.57. The van der Waals surface area contributed by atoms with Crippen molar-refractivity contribution in [2.75, 3.05) is 19.4 Å². The van der Waals surface area contributed by atoms with E-state index in [4.69, 9.17) is 0 Å². The SMILES string of the molecule is CC(C)C(CCBr)NS(=O)(=O)N(C)C. The second kappa shape index (κ2) is 6.05. The third-order valence-corrected chi connectivity index (χ3v) is 4.03. The van der Waals surface area contributed by atoms with Gasteiger partial charge in [0.2, 0.25) is 0 Å². The van der Waals surface area contributed by atoms with Crippen molar-refractivity contribution in [3.8, 4) is 0 Å². The first-order chi connectivity index (χ1) is 6.31. The van der Waals surface area contributed by atoms with Crippen molar-refractivity contribution in [2.45, 2.75) is 26.3 Å². The maximum absolute atomic E-state index is 11.5. The van der Waals surface area contributed by atoms with Crippen LogP contribution >= 0.6 is 15.9 Å². The minimum Gasteiger partial charge on any atom is -0.199 e. The molecule has 0 rings (SSSR count). The van der Waals surface area contributed by atoms with Crippen molar-refractivity contribution in [3.63, 3.8) is 0 Å². The van der Waals surface area contributed by atoms with Gasteiger partial charge in [0.25, 0.3) is 10.2 Å². The Bertz CT molecular complexity index is 252. The Kier molecular flexibility index (Phi) is 6.20. The first kappa shape index (κ1) is 14.3. The molecule has 14 heavy (non-hydrogen) atoms. The molecule has 1 atom stereocenters. The van der Waals surface area contributed by atoms with E-state index in [-0.39, 0.29) is 6.04 Å². The van der Waals surface area contributed by atoms with Crippen LogP contribution in [0.25, 0.3) is 0 Å². The number of alkyl halides is 1. The molecular formula is C8H19BrN2O2S. The fourth-order valence-corrected chi connectivity index (χ4v) is 2.42. The monoisotopic (exact) mass is 286 g/mol. The van der Waals surface area contributed by atoms with Gasteiger partial charge in [0, 0.05) is 25.5 Å². The first-order valence-corrected chi connectivity index (χ1v) is 7.13. The van der Waals surface area contributed by atoms with Crippen LogP contribution in [0.4, 0.5) is 0 Å². The zero-order valence-corrected chi connectivity index (χ0v) is 11.5. The highest BCUT2D eigenvalue weighted by Gasteiger charge is 2.21. The predicted octanol–water partition coefficient (Wildman–Crippen LogP) is 1.19. The molecule has 0 saturated carbocycles. The van der Waals surface area contributed by atoms with E-state index in [1.165, 1.54) is 18.4 Å². The van der Waals surface area contributed by atoms with Crippen LogP contribution in [-0.4, -0.2) is 38.2 Å². The minimum absolute atomic E-state index is 0.0122. The molecule has 0 amide bonds. The van der Waals surface area contributed by atoms with E-state index in [1.807, 2.05) is 13.8 Å². The minimum atomic E-state index is -3.30. The molecule has 86 valence electrons. The number of hydrogen-bond donors (Lipinski definition) is 1. The Hall–Kier alpha value is 0.350. The van der Waals surface area contributed by atoms with E-state index in [1.54, 1.807) is 0 Å². The Balaban J connectivity index is 4.45.